The zero-order valence-corrected chi connectivity index (χ0v) is 36.2. The molecule has 0 aromatic carbocycles. The Bertz CT molecular complexity index is 1510. The van der Waals surface area contributed by atoms with Crippen molar-refractivity contribution < 1.29 is 37.9 Å². The molecule has 6 aliphatic carbocycles. The molecule has 0 bridgehead atoms. The Morgan fingerprint density at radius 3 is 2.35 bits per heavy atom. The summed E-state index contributed by atoms with van der Waals surface area (Å²) in [7, 11) is -2.83. The van der Waals surface area contributed by atoms with E-state index >= 15 is 0 Å². The van der Waals surface area contributed by atoms with Crippen LogP contribution in [0.5, 0.6) is 0 Å². The molecule has 5 fully saturated rings. The fourth-order valence-electron chi connectivity index (χ4n) is 14.8. The summed E-state index contributed by atoms with van der Waals surface area (Å²) in [5, 5.41) is 4.20. The standard InChI is InChI=1S/C43H70IN2O4S/c1-8-17-42(37(47)50-44-7)21-13-31(14-22-42)32-15-19-39(4)35(38(32,2)3)16-20-41(6)36(39)12-11-33-34-10-9-18-43(34,24-23-40(33,41)5)45-25-26-46-27-29-51(48,49)30-28-46/h13,15,33-36,45H,8-12,14,16-30H2,1-7H3/q-1/t33-,34-,35+,36-,39+,40-,41-,42?,43+/m1/s1. The van der Waals surface area contributed by atoms with E-state index in [4.69, 9.17) is 3.07 Å². The number of rotatable bonds is 9. The summed E-state index contributed by atoms with van der Waals surface area (Å²) < 4.78 is 29.7. The molecule has 0 aromatic rings. The zero-order chi connectivity index (χ0) is 36.5. The van der Waals surface area contributed by atoms with Crippen molar-refractivity contribution in [2.75, 3.05) is 42.6 Å². The van der Waals surface area contributed by atoms with E-state index in [2.05, 4.69) is 63.9 Å². The normalized spacial score (nSPS) is 44.7. The molecule has 6 nitrogen and oxygen atoms in total. The fourth-order valence-corrected chi connectivity index (χ4v) is 16.9. The van der Waals surface area contributed by atoms with Gasteiger partial charge in [-0.1, -0.05) is 20.3 Å². The van der Waals surface area contributed by atoms with Crippen molar-refractivity contribution in [3.63, 3.8) is 0 Å². The van der Waals surface area contributed by atoms with Crippen LogP contribution in [0.2, 0.25) is 0 Å². The van der Waals surface area contributed by atoms with Crippen LogP contribution in [-0.4, -0.2) is 67.4 Å². The molecular weight excluding hydrogens is 767 g/mol. The van der Waals surface area contributed by atoms with Gasteiger partial charge in [0.2, 0.25) is 0 Å². The first kappa shape index (κ1) is 38.8. The Morgan fingerprint density at radius 2 is 1.67 bits per heavy atom. The first-order valence-corrected chi connectivity index (χ1v) is 25.7. The van der Waals surface area contributed by atoms with Crippen molar-refractivity contribution in [1.82, 2.24) is 10.2 Å². The van der Waals surface area contributed by atoms with Gasteiger partial charge in [0, 0.05) is 31.7 Å². The van der Waals surface area contributed by atoms with Gasteiger partial charge in [-0.15, -0.1) is 0 Å². The van der Waals surface area contributed by atoms with Crippen molar-refractivity contribution in [2.45, 2.75) is 143 Å². The predicted molar refractivity (Wildman–Crippen MR) is 203 cm³/mol. The molecule has 290 valence electrons. The molecule has 1 N–H and O–H groups in total. The van der Waals surface area contributed by atoms with E-state index in [0.717, 1.165) is 62.9 Å². The molecule has 0 aromatic heterocycles. The summed E-state index contributed by atoms with van der Waals surface area (Å²) in [4.78, 5) is 17.6. The van der Waals surface area contributed by atoms with E-state index in [1.54, 1.807) is 5.57 Å². The Kier molecular flexibility index (Phi) is 10.6. The van der Waals surface area contributed by atoms with Crippen molar-refractivity contribution >= 4 is 15.8 Å². The maximum absolute atomic E-state index is 13.2. The SMILES string of the molecule is CCCC1(C(=O)O[I-]C)CC=C(C2=CC[C@]3(C)[C@H]4CC[C@@H]5[C@H]6CCC[C@]6(NCCN6CCS(=O)(=O)CC6)CC[C@@]5(C)[C@]4(C)CC[C@H]3C2(C)C)CC1. The minimum absolute atomic E-state index is 0.0698. The summed E-state index contributed by atoms with van der Waals surface area (Å²) in [5.41, 5.74) is 4.28. The van der Waals surface area contributed by atoms with Crippen molar-refractivity contribution in [2.24, 2.45) is 50.7 Å². The molecule has 1 unspecified atom stereocenters. The Balaban J connectivity index is 1.08. The van der Waals surface area contributed by atoms with E-state index in [0.29, 0.717) is 46.8 Å². The number of nitrogens with zero attached hydrogens (tertiary/aromatic N) is 1. The van der Waals surface area contributed by atoms with E-state index < -0.39 is 31.5 Å². The number of hydrogen-bond acceptors (Lipinski definition) is 6. The third kappa shape index (κ3) is 6.28. The van der Waals surface area contributed by atoms with Crippen LogP contribution in [0.15, 0.2) is 23.3 Å². The van der Waals surface area contributed by atoms with Gasteiger partial charge in [0.05, 0.1) is 11.5 Å². The van der Waals surface area contributed by atoms with Gasteiger partial charge in [-0.25, -0.2) is 8.42 Å². The van der Waals surface area contributed by atoms with E-state index in [9.17, 15) is 13.2 Å². The fraction of sp³-hybridized carbons (Fsp3) is 0.884. The molecule has 8 heteroatoms. The van der Waals surface area contributed by atoms with E-state index in [-0.39, 0.29) is 22.3 Å². The van der Waals surface area contributed by atoms with Gasteiger partial charge in [0.1, 0.15) is 0 Å². The number of allylic oxidation sites excluding steroid dienone is 4. The monoisotopic (exact) mass is 837 g/mol. The van der Waals surface area contributed by atoms with Gasteiger partial charge >= 0.3 is 183 Å². The maximum atomic E-state index is 13.2. The number of carbonyl (C=O) groups excluding carboxylic acids is 1. The summed E-state index contributed by atoms with van der Waals surface area (Å²) in [6.45, 7) is 18.9. The molecule has 4 saturated carbocycles. The van der Waals surface area contributed by atoms with Gasteiger partial charge in [0.15, 0.2) is 9.84 Å². The van der Waals surface area contributed by atoms with Crippen LogP contribution >= 0.6 is 0 Å². The average molecular weight is 838 g/mol. The summed E-state index contributed by atoms with van der Waals surface area (Å²) in [6, 6.07) is 0. The van der Waals surface area contributed by atoms with Gasteiger partial charge in [-0.3, -0.25) is 0 Å². The van der Waals surface area contributed by atoms with Crippen molar-refractivity contribution in [3.8, 4) is 0 Å². The second-order valence-corrected chi connectivity index (χ2v) is 23.4. The number of halogens is 1. The number of hydrogen-bond donors (Lipinski definition) is 1. The molecule has 1 heterocycles. The van der Waals surface area contributed by atoms with E-state index in [1.807, 2.05) is 4.93 Å². The molecule has 9 atom stereocenters. The number of alkyl halides is 1. The first-order valence-electron chi connectivity index (χ1n) is 20.9. The second-order valence-electron chi connectivity index (χ2n) is 19.8. The molecule has 51 heavy (non-hydrogen) atoms. The Hall–Kier alpha value is -0.450. The molecule has 7 aliphatic rings. The number of fused-ring (bicyclic) bond motifs is 7. The molecule has 1 saturated heterocycles. The summed E-state index contributed by atoms with van der Waals surface area (Å²) in [5.74, 6) is 3.72. The van der Waals surface area contributed by atoms with Crippen LogP contribution in [0.25, 0.3) is 0 Å². The van der Waals surface area contributed by atoms with Gasteiger partial charge in [-0.05, 0) is 49.4 Å². The Morgan fingerprint density at radius 1 is 0.902 bits per heavy atom. The third-order valence-electron chi connectivity index (χ3n) is 17.5. The second kappa shape index (κ2) is 13.9. The van der Waals surface area contributed by atoms with Crippen molar-refractivity contribution in [3.05, 3.63) is 23.3 Å². The van der Waals surface area contributed by atoms with Crippen LogP contribution in [0.4, 0.5) is 0 Å². The van der Waals surface area contributed by atoms with Gasteiger partial charge in [0.25, 0.3) is 0 Å². The van der Waals surface area contributed by atoms with Crippen LogP contribution in [0.1, 0.15) is 138 Å². The number of nitrogens with one attached hydrogen (secondary N) is 1. The minimum atomic E-state index is -2.83. The molecule has 0 radical (unpaired) electrons. The molecule has 0 amide bonds. The van der Waals surface area contributed by atoms with Crippen LogP contribution in [0.3, 0.4) is 0 Å². The molecular formula is C43H70IN2O4S-. The molecule has 0 spiro atoms. The van der Waals surface area contributed by atoms with Crippen molar-refractivity contribution in [1.29, 1.82) is 0 Å². The van der Waals surface area contributed by atoms with Gasteiger partial charge < -0.3 is 10.2 Å². The van der Waals surface area contributed by atoms with Crippen LogP contribution in [0, 0.1) is 50.7 Å². The first-order chi connectivity index (χ1) is 24.1. The van der Waals surface area contributed by atoms with E-state index in [1.165, 1.54) is 69.8 Å². The topological polar surface area (TPSA) is 75.7 Å². The number of carbonyl (C=O) groups is 1. The number of sulfone groups is 1. The zero-order valence-electron chi connectivity index (χ0n) is 33.2. The Labute approximate surface area is 322 Å². The summed E-state index contributed by atoms with van der Waals surface area (Å²) >= 11 is -0.494. The third-order valence-corrected chi connectivity index (χ3v) is 20.0. The molecule has 7 rings (SSSR count). The quantitative estimate of drug-likeness (QED) is 0.244. The van der Waals surface area contributed by atoms with Crippen LogP contribution < -0.4 is 26.9 Å². The van der Waals surface area contributed by atoms with Gasteiger partial charge in [-0.2, -0.15) is 0 Å². The summed E-state index contributed by atoms with van der Waals surface area (Å²) in [6.07, 6.45) is 23.2. The molecule has 1 aliphatic heterocycles. The average Bonchev–Trinajstić information content (AvgIpc) is 3.50. The van der Waals surface area contributed by atoms with Crippen LogP contribution in [-0.2, 0) is 17.7 Å². The predicted octanol–water partition coefficient (Wildman–Crippen LogP) is 5.52.